The first kappa shape index (κ1) is 19.8. The summed E-state index contributed by atoms with van der Waals surface area (Å²) in [4.78, 5) is 12.0. The van der Waals surface area contributed by atoms with Gasteiger partial charge in [0.15, 0.2) is 11.5 Å². The number of carbonyl (C=O) groups excluding carboxylic acids is 1. The lowest BCUT2D eigenvalue weighted by Gasteiger charge is -2.04. The summed E-state index contributed by atoms with van der Waals surface area (Å²) in [6, 6.07) is 22.2. The van der Waals surface area contributed by atoms with Crippen LogP contribution in [0.4, 0.5) is 5.69 Å². The number of phenols is 1. The van der Waals surface area contributed by atoms with E-state index in [2.05, 4.69) is 17.2 Å². The molecule has 0 aliphatic rings. The van der Waals surface area contributed by atoms with Crippen molar-refractivity contribution in [3.63, 3.8) is 0 Å². The quantitative estimate of drug-likeness (QED) is 0.631. The van der Waals surface area contributed by atoms with Crippen molar-refractivity contribution in [1.82, 2.24) is 0 Å². The zero-order valence-corrected chi connectivity index (χ0v) is 16.1. The van der Waals surface area contributed by atoms with E-state index in [-0.39, 0.29) is 11.7 Å². The van der Waals surface area contributed by atoms with E-state index in [0.29, 0.717) is 11.4 Å². The van der Waals surface area contributed by atoms with Crippen molar-refractivity contribution in [2.45, 2.75) is 6.42 Å². The van der Waals surface area contributed by atoms with Crippen LogP contribution in [0.15, 0.2) is 78.9 Å². The molecule has 29 heavy (non-hydrogen) atoms. The number of hydrogen-bond acceptors (Lipinski definition) is 3. The molecule has 0 saturated carbocycles. The van der Waals surface area contributed by atoms with Crippen LogP contribution in [-0.2, 0) is 11.2 Å². The molecule has 0 aromatic heterocycles. The van der Waals surface area contributed by atoms with Gasteiger partial charge in [-0.3, -0.25) is 4.79 Å². The molecular formula is C25H21NO3. The first-order valence-electron chi connectivity index (χ1n) is 9.14. The van der Waals surface area contributed by atoms with E-state index < -0.39 is 0 Å². The van der Waals surface area contributed by atoms with Gasteiger partial charge in [-0.25, -0.2) is 0 Å². The standard InChI is InChI=1S/C25H21NO3/c1-29-24-18-21(12-16-23(24)27)9-5-8-20-10-14-22(15-11-20)26-25(28)17-13-19-6-3-2-4-7-19/h2-7,9-12,14-16,18,27H,8H2,1H3,(H,26,28)/b9-5+. The molecule has 3 aromatic rings. The monoisotopic (exact) mass is 383 g/mol. The van der Waals surface area contributed by atoms with Crippen LogP contribution in [0.2, 0.25) is 0 Å². The molecule has 1 amide bonds. The summed E-state index contributed by atoms with van der Waals surface area (Å²) >= 11 is 0. The van der Waals surface area contributed by atoms with E-state index in [1.165, 1.54) is 7.11 Å². The van der Waals surface area contributed by atoms with Gasteiger partial charge in [-0.2, -0.15) is 0 Å². The number of amides is 1. The minimum Gasteiger partial charge on any atom is -0.504 e. The highest BCUT2D eigenvalue weighted by Crippen LogP contribution is 2.26. The van der Waals surface area contributed by atoms with Crippen molar-refractivity contribution >= 4 is 17.7 Å². The summed E-state index contributed by atoms with van der Waals surface area (Å²) in [6.07, 6.45) is 4.74. The highest BCUT2D eigenvalue weighted by atomic mass is 16.5. The number of methoxy groups -OCH3 is 1. The molecule has 4 heteroatoms. The Morgan fingerprint density at radius 2 is 1.83 bits per heavy atom. The fraction of sp³-hybridized carbons (Fsp3) is 0.0800. The van der Waals surface area contributed by atoms with Crippen LogP contribution in [0.5, 0.6) is 11.5 Å². The van der Waals surface area contributed by atoms with Crippen LogP contribution in [-0.4, -0.2) is 18.1 Å². The average Bonchev–Trinajstić information content (AvgIpc) is 2.75. The topological polar surface area (TPSA) is 58.6 Å². The lowest BCUT2D eigenvalue weighted by molar-refractivity contribution is -0.111. The fourth-order valence-corrected chi connectivity index (χ4v) is 2.67. The van der Waals surface area contributed by atoms with E-state index in [1.54, 1.807) is 12.1 Å². The Bertz CT molecular complexity index is 1060. The molecular weight excluding hydrogens is 362 g/mol. The molecule has 3 aromatic carbocycles. The lowest BCUT2D eigenvalue weighted by atomic mass is 10.1. The minimum atomic E-state index is -0.345. The van der Waals surface area contributed by atoms with Crippen molar-refractivity contribution in [2.24, 2.45) is 0 Å². The SMILES string of the molecule is COc1cc(/C=C/Cc2ccc(NC(=O)C#Cc3ccccc3)cc2)ccc1O. The van der Waals surface area contributed by atoms with Gasteiger partial charge in [-0.15, -0.1) is 0 Å². The molecule has 0 spiro atoms. The highest BCUT2D eigenvalue weighted by Gasteiger charge is 2.01. The van der Waals surface area contributed by atoms with E-state index in [9.17, 15) is 9.90 Å². The summed E-state index contributed by atoms with van der Waals surface area (Å²) in [5.41, 5.74) is 3.56. The third kappa shape index (κ3) is 6.02. The second-order valence-electron chi connectivity index (χ2n) is 6.30. The van der Waals surface area contributed by atoms with Gasteiger partial charge in [0.05, 0.1) is 7.11 Å². The van der Waals surface area contributed by atoms with Crippen molar-refractivity contribution in [2.75, 3.05) is 12.4 Å². The molecule has 0 aliphatic heterocycles. The smallest absolute Gasteiger partial charge is 0.300 e. The van der Waals surface area contributed by atoms with E-state index in [1.807, 2.05) is 72.8 Å². The van der Waals surface area contributed by atoms with Gasteiger partial charge in [-0.05, 0) is 53.9 Å². The minimum absolute atomic E-state index is 0.121. The Kier molecular flexibility index (Phi) is 6.70. The van der Waals surface area contributed by atoms with Crippen LogP contribution in [0.25, 0.3) is 6.08 Å². The molecule has 0 radical (unpaired) electrons. The van der Waals surface area contributed by atoms with Crippen LogP contribution in [0, 0.1) is 11.8 Å². The molecule has 0 fully saturated rings. The largest absolute Gasteiger partial charge is 0.504 e. The number of nitrogens with one attached hydrogen (secondary N) is 1. The summed E-state index contributed by atoms with van der Waals surface area (Å²) in [7, 11) is 1.52. The van der Waals surface area contributed by atoms with Gasteiger partial charge in [0.2, 0.25) is 0 Å². The van der Waals surface area contributed by atoms with Crippen molar-refractivity contribution < 1.29 is 14.6 Å². The summed E-state index contributed by atoms with van der Waals surface area (Å²) in [5, 5.41) is 12.4. The summed E-state index contributed by atoms with van der Waals surface area (Å²) < 4.78 is 5.11. The predicted molar refractivity (Wildman–Crippen MR) is 116 cm³/mol. The van der Waals surface area contributed by atoms with E-state index in [4.69, 9.17) is 4.74 Å². The molecule has 0 atom stereocenters. The third-order valence-corrected chi connectivity index (χ3v) is 4.17. The van der Waals surface area contributed by atoms with Gasteiger partial charge >= 0.3 is 5.91 Å². The van der Waals surface area contributed by atoms with Gasteiger partial charge in [0.1, 0.15) is 0 Å². The second-order valence-corrected chi connectivity index (χ2v) is 6.30. The zero-order chi connectivity index (χ0) is 20.5. The van der Waals surface area contributed by atoms with Crippen molar-refractivity contribution in [3.8, 4) is 23.3 Å². The fourth-order valence-electron chi connectivity index (χ4n) is 2.67. The average molecular weight is 383 g/mol. The molecule has 144 valence electrons. The van der Waals surface area contributed by atoms with Crippen LogP contribution in [0.3, 0.4) is 0 Å². The number of rotatable bonds is 5. The molecule has 3 rings (SSSR count). The summed E-state index contributed by atoms with van der Waals surface area (Å²) in [5.74, 6) is 5.65. The van der Waals surface area contributed by atoms with Crippen LogP contribution in [0.1, 0.15) is 16.7 Å². The highest BCUT2D eigenvalue weighted by molar-refractivity contribution is 6.04. The third-order valence-electron chi connectivity index (χ3n) is 4.17. The number of allylic oxidation sites excluding steroid dienone is 1. The van der Waals surface area contributed by atoms with Gasteiger partial charge in [0.25, 0.3) is 0 Å². The number of ether oxygens (including phenoxy) is 1. The summed E-state index contributed by atoms with van der Waals surface area (Å²) in [6.45, 7) is 0. The Morgan fingerprint density at radius 1 is 1.07 bits per heavy atom. The van der Waals surface area contributed by atoms with E-state index >= 15 is 0 Å². The zero-order valence-electron chi connectivity index (χ0n) is 16.1. The first-order valence-corrected chi connectivity index (χ1v) is 9.14. The molecule has 4 nitrogen and oxygen atoms in total. The van der Waals surface area contributed by atoms with Crippen LogP contribution < -0.4 is 10.1 Å². The van der Waals surface area contributed by atoms with Gasteiger partial charge < -0.3 is 15.2 Å². The molecule has 0 saturated heterocycles. The maximum Gasteiger partial charge on any atom is 0.300 e. The van der Waals surface area contributed by atoms with Crippen LogP contribution >= 0.6 is 0 Å². The Morgan fingerprint density at radius 3 is 2.55 bits per heavy atom. The molecule has 0 unspecified atom stereocenters. The number of anilines is 1. The van der Waals surface area contributed by atoms with Gasteiger partial charge in [-0.1, -0.05) is 54.5 Å². The molecule has 0 bridgehead atoms. The number of aromatic hydroxyl groups is 1. The number of benzene rings is 3. The number of hydrogen-bond donors (Lipinski definition) is 2. The Labute approximate surface area is 170 Å². The maximum absolute atomic E-state index is 12.0. The molecule has 0 aliphatic carbocycles. The van der Waals surface area contributed by atoms with Crippen molar-refractivity contribution in [1.29, 1.82) is 0 Å². The normalized spacial score (nSPS) is 10.2. The number of carbonyl (C=O) groups is 1. The Hall–Kier alpha value is -3.97. The second kappa shape index (κ2) is 9.82. The molecule has 2 N–H and O–H groups in total. The molecule has 0 heterocycles. The van der Waals surface area contributed by atoms with E-state index in [0.717, 1.165) is 23.1 Å². The predicted octanol–water partition coefficient (Wildman–Crippen LogP) is 4.65. The van der Waals surface area contributed by atoms with Gasteiger partial charge in [0, 0.05) is 17.2 Å². The maximum atomic E-state index is 12.0. The first-order chi connectivity index (χ1) is 14.1. The Balaban J connectivity index is 1.55. The lowest BCUT2D eigenvalue weighted by Crippen LogP contribution is -2.08. The number of phenolic OH excluding ortho intramolecular Hbond substituents is 1. The van der Waals surface area contributed by atoms with Crippen molar-refractivity contribution in [3.05, 3.63) is 95.6 Å².